The Bertz CT molecular complexity index is 424. The number of rotatable bonds is 3. The van der Waals surface area contributed by atoms with Crippen LogP contribution in [0.1, 0.15) is 24.9 Å². The van der Waals surface area contributed by atoms with Crippen molar-refractivity contribution < 1.29 is 13.9 Å². The van der Waals surface area contributed by atoms with Crippen LogP contribution in [0.4, 0.5) is 4.39 Å². The first-order chi connectivity index (χ1) is 7.58. The standard InChI is InChI=1S/C11H13FN2O2/c1-3-16-9(15)8-6-11(8,12)10-13-5-4-7(2)14-10/h4-5,8H,3,6H2,1-2H3/t8-,11-/m1/s1. The molecule has 0 aromatic carbocycles. The lowest BCUT2D eigenvalue weighted by atomic mass is 10.2. The molecule has 0 radical (unpaired) electrons. The van der Waals surface area contributed by atoms with Gasteiger partial charge in [-0.3, -0.25) is 4.79 Å². The molecule has 0 saturated heterocycles. The third-order valence-electron chi connectivity index (χ3n) is 2.63. The third kappa shape index (κ3) is 1.77. The van der Waals surface area contributed by atoms with Crippen molar-refractivity contribution in [3.05, 3.63) is 23.8 Å². The topological polar surface area (TPSA) is 52.1 Å². The summed E-state index contributed by atoms with van der Waals surface area (Å²) in [6.07, 6.45) is 1.62. The van der Waals surface area contributed by atoms with Crippen molar-refractivity contribution in [3.63, 3.8) is 0 Å². The van der Waals surface area contributed by atoms with E-state index in [2.05, 4.69) is 9.97 Å². The highest BCUT2D eigenvalue weighted by molar-refractivity contribution is 5.78. The molecule has 4 nitrogen and oxygen atoms in total. The Labute approximate surface area is 92.9 Å². The highest BCUT2D eigenvalue weighted by Gasteiger charge is 2.64. The number of halogens is 1. The molecular weight excluding hydrogens is 211 g/mol. The normalized spacial score (nSPS) is 27.6. The maximum atomic E-state index is 14.2. The molecule has 2 rings (SSSR count). The quantitative estimate of drug-likeness (QED) is 0.731. The highest BCUT2D eigenvalue weighted by Crippen LogP contribution is 2.54. The van der Waals surface area contributed by atoms with E-state index in [1.807, 2.05) is 0 Å². The van der Waals surface area contributed by atoms with Crippen LogP contribution in [0.25, 0.3) is 0 Å². The number of carbonyl (C=O) groups excluding carboxylic acids is 1. The number of hydrogen-bond acceptors (Lipinski definition) is 4. The van der Waals surface area contributed by atoms with Crippen LogP contribution < -0.4 is 0 Å². The Kier molecular flexibility index (Phi) is 2.61. The van der Waals surface area contributed by atoms with E-state index in [0.717, 1.165) is 0 Å². The Morgan fingerprint density at radius 1 is 1.75 bits per heavy atom. The second-order valence-corrected chi connectivity index (χ2v) is 3.89. The summed E-state index contributed by atoms with van der Waals surface area (Å²) >= 11 is 0. The molecule has 16 heavy (non-hydrogen) atoms. The Morgan fingerprint density at radius 2 is 2.50 bits per heavy atom. The molecule has 1 aromatic heterocycles. The fraction of sp³-hybridized carbons (Fsp3) is 0.545. The van der Waals surface area contributed by atoms with Gasteiger partial charge < -0.3 is 4.74 Å². The van der Waals surface area contributed by atoms with E-state index >= 15 is 0 Å². The zero-order valence-electron chi connectivity index (χ0n) is 9.24. The van der Waals surface area contributed by atoms with Crippen LogP contribution in [0.5, 0.6) is 0 Å². The summed E-state index contributed by atoms with van der Waals surface area (Å²) in [6, 6.07) is 1.69. The number of carbonyl (C=O) groups is 1. The molecule has 2 atom stereocenters. The van der Waals surface area contributed by atoms with E-state index < -0.39 is 17.6 Å². The van der Waals surface area contributed by atoms with Crippen molar-refractivity contribution in [2.24, 2.45) is 5.92 Å². The van der Waals surface area contributed by atoms with Gasteiger partial charge in [-0.05, 0) is 19.9 Å². The largest absolute Gasteiger partial charge is 0.466 e. The van der Waals surface area contributed by atoms with Crippen LogP contribution in [-0.2, 0) is 15.2 Å². The van der Waals surface area contributed by atoms with Gasteiger partial charge in [0.25, 0.3) is 0 Å². The second kappa shape index (κ2) is 3.81. The zero-order chi connectivity index (χ0) is 11.8. The fourth-order valence-electron chi connectivity index (χ4n) is 1.65. The van der Waals surface area contributed by atoms with Crippen molar-refractivity contribution >= 4 is 5.97 Å². The van der Waals surface area contributed by atoms with Crippen molar-refractivity contribution in [3.8, 4) is 0 Å². The smallest absolute Gasteiger partial charge is 0.312 e. The summed E-state index contributed by atoms with van der Waals surface area (Å²) in [5.74, 6) is -1.16. The molecule has 0 spiro atoms. The molecule has 0 amide bonds. The molecule has 86 valence electrons. The van der Waals surface area contributed by atoms with Gasteiger partial charge in [0, 0.05) is 18.3 Å². The van der Waals surface area contributed by atoms with Crippen LogP contribution in [0.3, 0.4) is 0 Å². The summed E-state index contributed by atoms with van der Waals surface area (Å²) < 4.78 is 19.0. The first-order valence-corrected chi connectivity index (χ1v) is 5.23. The van der Waals surface area contributed by atoms with Crippen molar-refractivity contribution in [1.29, 1.82) is 0 Å². The van der Waals surface area contributed by atoms with E-state index in [1.165, 1.54) is 6.20 Å². The Hall–Kier alpha value is -1.52. The van der Waals surface area contributed by atoms with Crippen molar-refractivity contribution in [2.75, 3.05) is 6.61 Å². The van der Waals surface area contributed by atoms with Gasteiger partial charge in [0.1, 0.15) is 5.92 Å². The molecule has 0 bridgehead atoms. The van der Waals surface area contributed by atoms with E-state index in [9.17, 15) is 9.18 Å². The molecule has 5 heteroatoms. The number of alkyl halides is 1. The molecule has 1 saturated carbocycles. The van der Waals surface area contributed by atoms with Crippen LogP contribution in [0.15, 0.2) is 12.3 Å². The lowest BCUT2D eigenvalue weighted by Gasteiger charge is -2.06. The summed E-state index contributed by atoms with van der Waals surface area (Å²) in [6.45, 7) is 3.72. The number of ether oxygens (including phenoxy) is 1. The van der Waals surface area contributed by atoms with Gasteiger partial charge in [-0.25, -0.2) is 14.4 Å². The zero-order valence-corrected chi connectivity index (χ0v) is 9.24. The van der Waals surface area contributed by atoms with E-state index in [4.69, 9.17) is 4.74 Å². The second-order valence-electron chi connectivity index (χ2n) is 3.89. The molecule has 1 aromatic rings. The van der Waals surface area contributed by atoms with Crippen LogP contribution in [0, 0.1) is 12.8 Å². The predicted molar refractivity (Wildman–Crippen MR) is 54.3 cm³/mol. The Balaban J connectivity index is 2.15. The molecule has 1 heterocycles. The van der Waals surface area contributed by atoms with Crippen molar-refractivity contribution in [1.82, 2.24) is 9.97 Å². The fourth-order valence-corrected chi connectivity index (χ4v) is 1.65. The van der Waals surface area contributed by atoms with Crippen LogP contribution >= 0.6 is 0 Å². The monoisotopic (exact) mass is 224 g/mol. The molecule has 1 fully saturated rings. The van der Waals surface area contributed by atoms with Gasteiger partial charge in [-0.15, -0.1) is 0 Å². The number of esters is 1. The van der Waals surface area contributed by atoms with Gasteiger partial charge >= 0.3 is 5.97 Å². The molecule has 0 aliphatic heterocycles. The number of aryl methyl sites for hydroxylation is 1. The van der Waals surface area contributed by atoms with E-state index in [0.29, 0.717) is 5.69 Å². The first kappa shape index (κ1) is 11.0. The first-order valence-electron chi connectivity index (χ1n) is 5.23. The maximum Gasteiger partial charge on any atom is 0.312 e. The van der Waals surface area contributed by atoms with Gasteiger partial charge in [0.2, 0.25) is 0 Å². The van der Waals surface area contributed by atoms with Gasteiger partial charge in [0.15, 0.2) is 11.5 Å². The van der Waals surface area contributed by atoms with E-state index in [-0.39, 0.29) is 18.9 Å². The van der Waals surface area contributed by atoms with Gasteiger partial charge in [0.05, 0.1) is 6.61 Å². The van der Waals surface area contributed by atoms with Crippen molar-refractivity contribution in [2.45, 2.75) is 25.9 Å². The molecule has 1 aliphatic rings. The molecule has 0 unspecified atom stereocenters. The SMILES string of the molecule is CCOC(=O)[C@H]1C[C@]1(F)c1nccc(C)n1. The Morgan fingerprint density at radius 3 is 3.12 bits per heavy atom. The van der Waals surface area contributed by atoms with Crippen LogP contribution in [0.2, 0.25) is 0 Å². The number of nitrogens with zero attached hydrogens (tertiary/aromatic N) is 2. The minimum Gasteiger partial charge on any atom is -0.466 e. The minimum atomic E-state index is -1.72. The lowest BCUT2D eigenvalue weighted by Crippen LogP contribution is -2.16. The van der Waals surface area contributed by atoms with Gasteiger partial charge in [-0.2, -0.15) is 0 Å². The molecular formula is C11H13FN2O2. The predicted octanol–water partition coefficient (Wildman–Crippen LogP) is 1.53. The number of aromatic nitrogens is 2. The summed E-state index contributed by atoms with van der Waals surface area (Å²) in [5, 5.41) is 0. The number of hydrogen-bond donors (Lipinski definition) is 0. The van der Waals surface area contributed by atoms with Crippen LogP contribution in [-0.4, -0.2) is 22.5 Å². The molecule has 0 N–H and O–H groups in total. The highest BCUT2D eigenvalue weighted by atomic mass is 19.1. The summed E-state index contributed by atoms with van der Waals surface area (Å²) in [5.41, 5.74) is -1.03. The summed E-state index contributed by atoms with van der Waals surface area (Å²) in [4.78, 5) is 19.2. The average Bonchev–Trinajstić information content (AvgIpc) is 2.93. The maximum absolute atomic E-state index is 14.2. The summed E-state index contributed by atoms with van der Waals surface area (Å²) in [7, 11) is 0. The molecule has 1 aliphatic carbocycles. The van der Waals surface area contributed by atoms with E-state index in [1.54, 1.807) is 19.9 Å². The van der Waals surface area contributed by atoms with Gasteiger partial charge in [-0.1, -0.05) is 0 Å². The average molecular weight is 224 g/mol. The minimum absolute atomic E-state index is 0.0885. The third-order valence-corrected chi connectivity index (χ3v) is 2.63. The lowest BCUT2D eigenvalue weighted by molar-refractivity contribution is -0.145.